The van der Waals surface area contributed by atoms with Gasteiger partial charge in [0.1, 0.15) is 6.04 Å². The molecule has 5 nitrogen and oxygen atoms in total. The van der Waals surface area contributed by atoms with Gasteiger partial charge in [-0.3, -0.25) is 14.6 Å². The molecule has 0 radical (unpaired) electrons. The minimum atomic E-state index is -3.04. The molecule has 2 rings (SSSR count). The van der Waals surface area contributed by atoms with E-state index in [0.717, 1.165) is 4.90 Å². The summed E-state index contributed by atoms with van der Waals surface area (Å²) in [6.07, 6.45) is 2.11. The molecule has 0 aromatic carbocycles. The lowest BCUT2D eigenvalue weighted by Crippen LogP contribution is -2.36. The van der Waals surface area contributed by atoms with Crippen LogP contribution >= 0.6 is 0 Å². The number of Topliss-reactive ketones (excluding diaryl/α,β-unsaturated/α-hetero) is 1. The molecule has 1 aromatic rings. The van der Waals surface area contributed by atoms with Crippen molar-refractivity contribution >= 4 is 11.7 Å². The van der Waals surface area contributed by atoms with E-state index in [1.165, 1.54) is 6.20 Å². The standard InChI is InChI=1S/C15H15F2N3O2/c1-10-8-19-5-4-12(10)13(21)2-3-14(22)20-9-15(16,17)6-11(20)7-18/h4-5,8,11H,2-3,6,9H2,1H3/t11-/m0/s1. The monoisotopic (exact) mass is 307 g/mol. The molecular formula is C15H15F2N3O2. The van der Waals surface area contributed by atoms with E-state index < -0.39 is 30.8 Å². The number of amides is 1. The van der Waals surface area contributed by atoms with Gasteiger partial charge in [0, 0.05) is 37.2 Å². The first kappa shape index (κ1) is 16.0. The van der Waals surface area contributed by atoms with Gasteiger partial charge in [-0.15, -0.1) is 0 Å². The fourth-order valence-electron chi connectivity index (χ4n) is 2.48. The largest absolute Gasteiger partial charge is 0.320 e. The Morgan fingerprint density at radius 3 is 2.86 bits per heavy atom. The Balaban J connectivity index is 1.97. The number of hydrogen-bond donors (Lipinski definition) is 0. The number of nitriles is 1. The first-order chi connectivity index (χ1) is 10.3. The highest BCUT2D eigenvalue weighted by Gasteiger charge is 2.47. The van der Waals surface area contributed by atoms with Crippen molar-refractivity contribution < 1.29 is 18.4 Å². The van der Waals surface area contributed by atoms with Gasteiger partial charge in [-0.25, -0.2) is 8.78 Å². The first-order valence-electron chi connectivity index (χ1n) is 6.85. The quantitative estimate of drug-likeness (QED) is 0.799. The summed E-state index contributed by atoms with van der Waals surface area (Å²) >= 11 is 0. The average molecular weight is 307 g/mol. The summed E-state index contributed by atoms with van der Waals surface area (Å²) in [4.78, 5) is 28.8. The molecule has 1 aliphatic rings. The Bertz CT molecular complexity index is 640. The number of pyridine rings is 1. The molecule has 1 aromatic heterocycles. The number of rotatable bonds is 4. The highest BCUT2D eigenvalue weighted by atomic mass is 19.3. The molecule has 0 unspecified atom stereocenters. The zero-order valence-electron chi connectivity index (χ0n) is 12.1. The van der Waals surface area contributed by atoms with Crippen LogP contribution in [0.5, 0.6) is 0 Å². The number of hydrogen-bond acceptors (Lipinski definition) is 4. The van der Waals surface area contributed by atoms with E-state index in [2.05, 4.69) is 4.98 Å². The molecule has 0 N–H and O–H groups in total. The van der Waals surface area contributed by atoms with Crippen molar-refractivity contribution in [3.8, 4) is 6.07 Å². The lowest BCUT2D eigenvalue weighted by Gasteiger charge is -2.18. The van der Waals surface area contributed by atoms with Crippen molar-refractivity contribution in [2.45, 2.75) is 38.2 Å². The molecule has 1 atom stereocenters. The highest BCUT2D eigenvalue weighted by molar-refractivity contribution is 5.99. The van der Waals surface area contributed by atoms with E-state index in [0.29, 0.717) is 11.1 Å². The second kappa shape index (κ2) is 6.18. The van der Waals surface area contributed by atoms with E-state index in [4.69, 9.17) is 5.26 Å². The number of ketones is 1. The average Bonchev–Trinajstić information content (AvgIpc) is 2.80. The van der Waals surface area contributed by atoms with Gasteiger partial charge in [-0.1, -0.05) is 0 Å². The smallest absolute Gasteiger partial charge is 0.268 e. The van der Waals surface area contributed by atoms with E-state index in [1.807, 2.05) is 0 Å². The van der Waals surface area contributed by atoms with E-state index in [-0.39, 0.29) is 18.6 Å². The summed E-state index contributed by atoms with van der Waals surface area (Å²) in [5, 5.41) is 8.86. The Kier molecular flexibility index (Phi) is 4.50. The van der Waals surface area contributed by atoms with Gasteiger partial charge in [-0.2, -0.15) is 5.26 Å². The molecule has 1 amide bonds. The van der Waals surface area contributed by atoms with Crippen LogP contribution in [0.2, 0.25) is 0 Å². The van der Waals surface area contributed by atoms with Gasteiger partial charge < -0.3 is 4.90 Å². The van der Waals surface area contributed by atoms with E-state index >= 15 is 0 Å². The summed E-state index contributed by atoms with van der Waals surface area (Å²) in [5.41, 5.74) is 1.16. The van der Waals surface area contributed by atoms with Crippen LogP contribution in [0.15, 0.2) is 18.5 Å². The third-order valence-corrected chi connectivity index (χ3v) is 3.63. The van der Waals surface area contributed by atoms with Gasteiger partial charge in [0.05, 0.1) is 12.6 Å². The fraction of sp³-hybridized carbons (Fsp3) is 0.467. The van der Waals surface area contributed by atoms with Crippen LogP contribution < -0.4 is 0 Å². The SMILES string of the molecule is Cc1cnccc1C(=O)CCC(=O)N1CC(F)(F)C[C@H]1C#N. The van der Waals surface area contributed by atoms with Crippen LogP contribution in [0, 0.1) is 18.3 Å². The molecule has 0 bridgehead atoms. The number of likely N-dealkylation sites (tertiary alicyclic amines) is 1. The van der Waals surface area contributed by atoms with E-state index in [1.54, 1.807) is 25.3 Å². The Morgan fingerprint density at radius 2 is 2.23 bits per heavy atom. The van der Waals surface area contributed by atoms with Crippen molar-refractivity contribution in [1.82, 2.24) is 9.88 Å². The van der Waals surface area contributed by atoms with Crippen LogP contribution in [0.3, 0.4) is 0 Å². The first-order valence-corrected chi connectivity index (χ1v) is 6.85. The normalized spacial score (nSPS) is 19.7. The third kappa shape index (κ3) is 3.45. The maximum atomic E-state index is 13.3. The maximum absolute atomic E-state index is 13.3. The topological polar surface area (TPSA) is 74.1 Å². The maximum Gasteiger partial charge on any atom is 0.268 e. The number of carbonyl (C=O) groups is 2. The minimum absolute atomic E-state index is 0.0795. The molecule has 1 saturated heterocycles. The minimum Gasteiger partial charge on any atom is -0.320 e. The molecule has 22 heavy (non-hydrogen) atoms. The van der Waals surface area contributed by atoms with Gasteiger partial charge in [-0.05, 0) is 18.6 Å². The summed E-state index contributed by atoms with van der Waals surface area (Å²) < 4.78 is 26.6. The van der Waals surface area contributed by atoms with Crippen LogP contribution in [0.25, 0.3) is 0 Å². The number of alkyl halides is 2. The van der Waals surface area contributed by atoms with Crippen molar-refractivity contribution in [1.29, 1.82) is 5.26 Å². The molecule has 116 valence electrons. The van der Waals surface area contributed by atoms with Gasteiger partial charge in [0.2, 0.25) is 5.91 Å². The van der Waals surface area contributed by atoms with Gasteiger partial charge in [0.15, 0.2) is 5.78 Å². The second-order valence-corrected chi connectivity index (χ2v) is 5.34. The Labute approximate surface area is 126 Å². The lowest BCUT2D eigenvalue weighted by molar-refractivity contribution is -0.132. The molecule has 2 heterocycles. The van der Waals surface area contributed by atoms with Gasteiger partial charge >= 0.3 is 0 Å². The van der Waals surface area contributed by atoms with Gasteiger partial charge in [0.25, 0.3) is 5.92 Å². The van der Waals surface area contributed by atoms with Crippen molar-refractivity contribution in [3.05, 3.63) is 29.6 Å². The summed E-state index contributed by atoms with van der Waals surface area (Å²) in [7, 11) is 0. The van der Waals surface area contributed by atoms with E-state index in [9.17, 15) is 18.4 Å². The molecule has 1 aliphatic heterocycles. The zero-order valence-corrected chi connectivity index (χ0v) is 12.1. The molecule has 0 saturated carbocycles. The fourth-order valence-corrected chi connectivity index (χ4v) is 2.48. The van der Waals surface area contributed by atoms with Crippen molar-refractivity contribution in [3.63, 3.8) is 0 Å². The molecule has 0 spiro atoms. The lowest BCUT2D eigenvalue weighted by atomic mass is 10.0. The number of nitrogens with zero attached hydrogens (tertiary/aromatic N) is 3. The van der Waals surface area contributed by atoms with Crippen LogP contribution in [-0.4, -0.2) is 40.1 Å². The Hall–Kier alpha value is -2.36. The van der Waals surface area contributed by atoms with Crippen LogP contribution in [0.1, 0.15) is 35.2 Å². The molecule has 1 fully saturated rings. The summed E-state index contributed by atoms with van der Waals surface area (Å²) in [5.74, 6) is -3.88. The number of halogens is 2. The molecule has 0 aliphatic carbocycles. The zero-order chi connectivity index (χ0) is 16.3. The predicted octanol–water partition coefficient (Wildman–Crippen LogP) is 2.11. The van der Waals surface area contributed by atoms with Crippen LogP contribution in [-0.2, 0) is 4.79 Å². The Morgan fingerprint density at radius 1 is 1.50 bits per heavy atom. The van der Waals surface area contributed by atoms with Crippen LogP contribution in [0.4, 0.5) is 8.78 Å². The highest BCUT2D eigenvalue weighted by Crippen LogP contribution is 2.32. The number of carbonyl (C=O) groups excluding carboxylic acids is 2. The third-order valence-electron chi connectivity index (χ3n) is 3.63. The second-order valence-electron chi connectivity index (χ2n) is 5.34. The molecular weight excluding hydrogens is 292 g/mol. The van der Waals surface area contributed by atoms with Crippen molar-refractivity contribution in [2.75, 3.05) is 6.54 Å². The number of aryl methyl sites for hydroxylation is 1. The van der Waals surface area contributed by atoms with Crippen molar-refractivity contribution in [2.24, 2.45) is 0 Å². The number of aromatic nitrogens is 1. The summed E-state index contributed by atoms with van der Waals surface area (Å²) in [6, 6.07) is 2.15. The summed E-state index contributed by atoms with van der Waals surface area (Å²) in [6.45, 7) is 0.974. The molecule has 7 heteroatoms. The predicted molar refractivity (Wildman–Crippen MR) is 73.2 cm³/mol.